The van der Waals surface area contributed by atoms with Crippen molar-refractivity contribution in [3.63, 3.8) is 0 Å². The van der Waals surface area contributed by atoms with Gasteiger partial charge in [0, 0.05) is 15.5 Å². The Morgan fingerprint density at radius 2 is 2.00 bits per heavy atom. The van der Waals surface area contributed by atoms with Crippen molar-refractivity contribution in [1.82, 2.24) is 5.43 Å². The first-order valence-electron chi connectivity index (χ1n) is 8.23. The number of aryl methyl sites for hydroxylation is 1. The summed E-state index contributed by atoms with van der Waals surface area (Å²) in [6.45, 7) is 0. The summed E-state index contributed by atoms with van der Waals surface area (Å²) < 4.78 is 4.81. The van der Waals surface area contributed by atoms with Gasteiger partial charge in [-0.25, -0.2) is 10.2 Å². The molecule has 1 heterocycles. The van der Waals surface area contributed by atoms with E-state index in [2.05, 4.69) is 15.8 Å². The lowest BCUT2D eigenvalue weighted by Crippen LogP contribution is -2.32. The van der Waals surface area contributed by atoms with Gasteiger partial charge in [-0.05, 0) is 37.0 Å². The van der Waals surface area contributed by atoms with Crippen LogP contribution in [-0.4, -0.2) is 31.1 Å². The van der Waals surface area contributed by atoms with E-state index in [1.54, 1.807) is 12.1 Å². The van der Waals surface area contributed by atoms with Gasteiger partial charge in [0.05, 0.1) is 23.9 Å². The van der Waals surface area contributed by atoms with E-state index in [9.17, 15) is 14.4 Å². The smallest absolute Gasteiger partial charge is 0.341 e. The number of ether oxygens (including phenoxy) is 1. The number of fused-ring (bicyclic) bond motifs is 1. The predicted octanol–water partition coefficient (Wildman–Crippen LogP) is 3.42. The van der Waals surface area contributed by atoms with Crippen molar-refractivity contribution in [1.29, 1.82) is 0 Å². The summed E-state index contributed by atoms with van der Waals surface area (Å²) in [5.74, 6) is -2.46. The normalized spacial score (nSPS) is 12.7. The fourth-order valence-electron chi connectivity index (χ4n) is 2.79. The van der Waals surface area contributed by atoms with Crippen LogP contribution in [0.1, 0.15) is 32.8 Å². The Hall–Kier alpha value is -2.42. The first-order valence-corrected chi connectivity index (χ1v) is 9.80. The second-order valence-corrected chi connectivity index (χ2v) is 7.82. The molecule has 1 aliphatic carbocycles. The molecule has 0 atom stereocenters. The van der Waals surface area contributed by atoms with Crippen molar-refractivity contribution in [2.45, 2.75) is 19.3 Å². The number of carbonyl (C=O) groups excluding carboxylic acids is 3. The van der Waals surface area contributed by atoms with Gasteiger partial charge in [-0.1, -0.05) is 29.3 Å². The minimum atomic E-state index is -0.981. The van der Waals surface area contributed by atoms with Crippen LogP contribution >= 0.6 is 34.5 Å². The summed E-state index contributed by atoms with van der Waals surface area (Å²) in [7, 11) is 1.27. The lowest BCUT2D eigenvalue weighted by molar-refractivity contribution is -0.136. The molecule has 2 N–H and O–H groups in total. The number of benzene rings is 1. The van der Waals surface area contributed by atoms with E-state index >= 15 is 0 Å². The lowest BCUT2D eigenvalue weighted by atomic mass is 10.1. The van der Waals surface area contributed by atoms with Gasteiger partial charge in [-0.2, -0.15) is 5.10 Å². The molecule has 0 fully saturated rings. The largest absolute Gasteiger partial charge is 0.465 e. The molecule has 0 saturated carbocycles. The molecule has 1 aliphatic rings. The first-order chi connectivity index (χ1) is 13.4. The maximum Gasteiger partial charge on any atom is 0.341 e. The Morgan fingerprint density at radius 3 is 2.71 bits per heavy atom. The van der Waals surface area contributed by atoms with Gasteiger partial charge < -0.3 is 10.1 Å². The molecule has 1 aromatic carbocycles. The van der Waals surface area contributed by atoms with Gasteiger partial charge >= 0.3 is 17.8 Å². The number of nitrogens with one attached hydrogen (secondary N) is 2. The van der Waals surface area contributed by atoms with E-state index in [4.69, 9.17) is 27.9 Å². The number of hydrogen-bond donors (Lipinski definition) is 2. The zero-order valence-electron chi connectivity index (χ0n) is 14.7. The molecule has 0 spiro atoms. The number of esters is 1. The van der Waals surface area contributed by atoms with E-state index in [0.717, 1.165) is 29.7 Å². The van der Waals surface area contributed by atoms with Crippen LogP contribution in [0, 0.1) is 0 Å². The third-order valence-corrected chi connectivity index (χ3v) is 5.85. The number of thiophene rings is 1. The highest BCUT2D eigenvalue weighted by Gasteiger charge is 2.29. The van der Waals surface area contributed by atoms with Gasteiger partial charge in [-0.15, -0.1) is 11.3 Å². The first kappa shape index (κ1) is 20.3. The highest BCUT2D eigenvalue weighted by molar-refractivity contribution is 7.17. The molecule has 3 rings (SSSR count). The second kappa shape index (κ2) is 8.72. The molecule has 146 valence electrons. The molecule has 2 amide bonds. The molecule has 0 unspecified atom stereocenters. The van der Waals surface area contributed by atoms with Crippen molar-refractivity contribution >= 4 is 63.5 Å². The average Bonchev–Trinajstić information content (AvgIpc) is 3.23. The molecule has 0 saturated heterocycles. The summed E-state index contributed by atoms with van der Waals surface area (Å²) in [4.78, 5) is 37.3. The average molecular weight is 440 g/mol. The van der Waals surface area contributed by atoms with Gasteiger partial charge in [0.25, 0.3) is 0 Å². The maximum atomic E-state index is 12.2. The summed E-state index contributed by atoms with van der Waals surface area (Å²) in [6.07, 6.45) is 3.81. The van der Waals surface area contributed by atoms with E-state index in [1.165, 1.54) is 30.7 Å². The van der Waals surface area contributed by atoms with Gasteiger partial charge in [0.1, 0.15) is 5.00 Å². The number of anilines is 1. The van der Waals surface area contributed by atoms with Crippen LogP contribution in [0.2, 0.25) is 10.0 Å². The summed E-state index contributed by atoms with van der Waals surface area (Å²) in [5.41, 5.74) is 3.84. The maximum absolute atomic E-state index is 12.2. The minimum absolute atomic E-state index is 0.307. The monoisotopic (exact) mass is 439 g/mol. The molecule has 28 heavy (non-hydrogen) atoms. The van der Waals surface area contributed by atoms with E-state index in [1.807, 2.05) is 0 Å². The highest BCUT2D eigenvalue weighted by Crippen LogP contribution is 2.39. The lowest BCUT2D eigenvalue weighted by Gasteiger charge is -2.06. The van der Waals surface area contributed by atoms with Crippen LogP contribution in [0.4, 0.5) is 5.00 Å². The van der Waals surface area contributed by atoms with Crippen LogP contribution in [-0.2, 0) is 27.2 Å². The molecular weight excluding hydrogens is 425 g/mol. The number of methoxy groups -OCH3 is 1. The zero-order chi connectivity index (χ0) is 20.3. The Balaban J connectivity index is 1.67. The van der Waals surface area contributed by atoms with E-state index in [0.29, 0.717) is 26.2 Å². The van der Waals surface area contributed by atoms with Crippen LogP contribution in [0.5, 0.6) is 0 Å². The number of carbonyl (C=O) groups is 3. The van der Waals surface area contributed by atoms with Gasteiger partial charge in [0.2, 0.25) is 0 Å². The SMILES string of the molecule is COC(=O)c1c(NC(=O)C(=O)N/N=C/c2ccc(Cl)cc2Cl)sc2c1CCC2. The van der Waals surface area contributed by atoms with Crippen LogP contribution in [0.15, 0.2) is 23.3 Å². The van der Waals surface area contributed by atoms with Gasteiger partial charge in [0.15, 0.2) is 0 Å². The molecule has 0 bridgehead atoms. The Bertz CT molecular complexity index is 987. The number of nitrogens with zero attached hydrogens (tertiary/aromatic N) is 1. The number of hydrogen-bond acceptors (Lipinski definition) is 6. The summed E-state index contributed by atoms with van der Waals surface area (Å²) >= 11 is 13.1. The highest BCUT2D eigenvalue weighted by atomic mass is 35.5. The second-order valence-electron chi connectivity index (χ2n) is 5.87. The predicted molar refractivity (Wildman–Crippen MR) is 109 cm³/mol. The van der Waals surface area contributed by atoms with Crippen LogP contribution in [0.25, 0.3) is 0 Å². The summed E-state index contributed by atoms with van der Waals surface area (Å²) in [6, 6.07) is 4.77. The third kappa shape index (κ3) is 4.35. The van der Waals surface area contributed by atoms with Crippen LogP contribution in [0.3, 0.4) is 0 Å². The minimum Gasteiger partial charge on any atom is -0.465 e. The fourth-order valence-corrected chi connectivity index (χ4v) is 4.52. The summed E-state index contributed by atoms with van der Waals surface area (Å²) in [5, 5.41) is 7.32. The molecule has 2 aromatic rings. The molecule has 1 aromatic heterocycles. The Kier molecular flexibility index (Phi) is 6.33. The molecule has 7 nitrogen and oxygen atoms in total. The topological polar surface area (TPSA) is 96.9 Å². The Morgan fingerprint density at radius 1 is 1.21 bits per heavy atom. The quantitative estimate of drug-likeness (QED) is 0.330. The van der Waals surface area contributed by atoms with Crippen molar-refractivity contribution < 1.29 is 19.1 Å². The van der Waals surface area contributed by atoms with Crippen molar-refractivity contribution in [3.8, 4) is 0 Å². The van der Waals surface area contributed by atoms with Crippen molar-refractivity contribution in [2.24, 2.45) is 5.10 Å². The number of rotatable bonds is 4. The standard InChI is InChI=1S/C18H15Cl2N3O4S/c1-27-18(26)14-11-3-2-4-13(11)28-17(14)22-15(24)16(25)23-21-8-9-5-6-10(19)7-12(9)20/h5-8H,2-4H2,1H3,(H,22,24)(H,23,25)/b21-8+. The third-order valence-electron chi connectivity index (χ3n) is 4.08. The molecular formula is C18H15Cl2N3O4S. The molecule has 10 heteroatoms. The zero-order valence-corrected chi connectivity index (χ0v) is 17.0. The number of hydrazone groups is 1. The fraction of sp³-hybridized carbons (Fsp3) is 0.222. The molecule has 0 aliphatic heterocycles. The van der Waals surface area contributed by atoms with Crippen molar-refractivity contribution in [2.75, 3.05) is 12.4 Å². The molecule has 0 radical (unpaired) electrons. The van der Waals surface area contributed by atoms with Crippen LogP contribution < -0.4 is 10.7 Å². The van der Waals surface area contributed by atoms with Gasteiger partial charge in [-0.3, -0.25) is 9.59 Å². The van der Waals surface area contributed by atoms with E-state index in [-0.39, 0.29) is 0 Å². The Labute approximate surface area is 174 Å². The van der Waals surface area contributed by atoms with Crippen molar-refractivity contribution in [3.05, 3.63) is 49.8 Å². The number of halogens is 2. The number of amides is 2. The van der Waals surface area contributed by atoms with E-state index < -0.39 is 17.8 Å².